The van der Waals surface area contributed by atoms with Crippen LogP contribution in [0.25, 0.3) is 10.9 Å². The SMILES string of the molecule is [B]C(Nc1cc(Cl)c2ncnc(N[C@H](CCC#N)c3ccccc3)c2c1)(c1ccc(F)cc1)c1cn(C2(C(F)(F)F)CC2)nn1. The molecule has 2 radical (unpaired) electrons. The van der Waals surface area contributed by atoms with Crippen LogP contribution in [0.3, 0.4) is 0 Å². The zero-order valence-electron chi connectivity index (χ0n) is 23.6. The second-order valence-electron chi connectivity index (χ2n) is 10.9. The van der Waals surface area contributed by atoms with Gasteiger partial charge in [-0.1, -0.05) is 59.3 Å². The Morgan fingerprint density at radius 2 is 1.80 bits per heavy atom. The van der Waals surface area contributed by atoms with Gasteiger partial charge in [-0.2, -0.15) is 18.4 Å². The number of hydrogen-bond acceptors (Lipinski definition) is 7. The molecule has 5 aromatic rings. The van der Waals surface area contributed by atoms with Crippen molar-refractivity contribution in [3.63, 3.8) is 0 Å². The molecular weight excluding hydrogens is 607 g/mol. The lowest BCUT2D eigenvalue weighted by Crippen LogP contribution is -2.38. The van der Waals surface area contributed by atoms with E-state index in [1.165, 1.54) is 30.6 Å². The lowest BCUT2D eigenvalue weighted by atomic mass is 9.69. The molecule has 2 atom stereocenters. The maximum absolute atomic E-state index is 13.9. The Morgan fingerprint density at radius 1 is 1.07 bits per heavy atom. The summed E-state index contributed by atoms with van der Waals surface area (Å²) in [5, 5.41) is 24.4. The predicted octanol–water partition coefficient (Wildman–Crippen LogP) is 7.00. The topological polar surface area (TPSA) is 104 Å². The van der Waals surface area contributed by atoms with Crippen LogP contribution in [0.5, 0.6) is 0 Å². The van der Waals surface area contributed by atoms with Crippen LogP contribution in [0.2, 0.25) is 5.02 Å². The molecule has 0 bridgehead atoms. The fourth-order valence-electron chi connectivity index (χ4n) is 5.33. The monoisotopic (exact) mass is 630 g/mol. The molecule has 1 saturated carbocycles. The van der Waals surface area contributed by atoms with E-state index in [-0.39, 0.29) is 29.6 Å². The number of nitrogens with one attached hydrogen (secondary N) is 2. The third-order valence-electron chi connectivity index (χ3n) is 7.98. The molecule has 3 aromatic carbocycles. The van der Waals surface area contributed by atoms with Crippen molar-refractivity contribution in [1.29, 1.82) is 5.26 Å². The van der Waals surface area contributed by atoms with E-state index in [0.29, 0.717) is 40.8 Å². The van der Waals surface area contributed by atoms with Crippen molar-refractivity contribution < 1.29 is 17.6 Å². The summed E-state index contributed by atoms with van der Waals surface area (Å²) in [7, 11) is 6.90. The van der Waals surface area contributed by atoms with E-state index < -0.39 is 23.0 Å². The van der Waals surface area contributed by atoms with Crippen LogP contribution in [0.1, 0.15) is 48.5 Å². The predicted molar refractivity (Wildman–Crippen MR) is 162 cm³/mol. The van der Waals surface area contributed by atoms with E-state index >= 15 is 0 Å². The van der Waals surface area contributed by atoms with Crippen LogP contribution >= 0.6 is 11.6 Å². The Labute approximate surface area is 261 Å². The van der Waals surface area contributed by atoms with Crippen molar-refractivity contribution in [2.75, 3.05) is 10.6 Å². The van der Waals surface area contributed by atoms with E-state index in [1.807, 2.05) is 30.3 Å². The van der Waals surface area contributed by atoms with Crippen molar-refractivity contribution in [3.8, 4) is 6.07 Å². The molecule has 8 nitrogen and oxygen atoms in total. The van der Waals surface area contributed by atoms with Gasteiger partial charge in [0.1, 0.15) is 31.5 Å². The minimum atomic E-state index is -4.53. The van der Waals surface area contributed by atoms with Crippen molar-refractivity contribution >= 4 is 41.9 Å². The van der Waals surface area contributed by atoms with Crippen molar-refractivity contribution in [2.45, 2.75) is 48.9 Å². The summed E-state index contributed by atoms with van der Waals surface area (Å²) in [4.78, 5) is 8.79. The number of aromatic nitrogens is 5. The van der Waals surface area contributed by atoms with Crippen LogP contribution in [0, 0.1) is 17.1 Å². The van der Waals surface area contributed by atoms with Gasteiger partial charge in [0.15, 0.2) is 5.54 Å². The van der Waals surface area contributed by atoms with Gasteiger partial charge in [0.05, 0.1) is 34.3 Å². The molecule has 226 valence electrons. The lowest BCUT2D eigenvalue weighted by Gasteiger charge is -2.32. The fraction of sp³-hybridized carbons (Fsp3) is 0.258. The Hall–Kier alpha value is -4.70. The molecule has 0 spiro atoms. The van der Waals surface area contributed by atoms with Crippen LogP contribution in [-0.2, 0) is 11.0 Å². The molecule has 45 heavy (non-hydrogen) atoms. The first-order chi connectivity index (χ1) is 21.5. The average Bonchev–Trinajstić information content (AvgIpc) is 3.70. The number of rotatable bonds is 10. The van der Waals surface area contributed by atoms with Gasteiger partial charge in [-0.3, -0.25) is 0 Å². The molecule has 1 aliphatic carbocycles. The minimum Gasteiger partial charge on any atom is -0.378 e. The highest BCUT2D eigenvalue weighted by molar-refractivity contribution is 6.35. The highest BCUT2D eigenvalue weighted by atomic mass is 35.5. The normalized spacial score (nSPS) is 16.0. The number of nitriles is 1. The second-order valence-corrected chi connectivity index (χ2v) is 11.3. The van der Waals surface area contributed by atoms with Gasteiger partial charge >= 0.3 is 6.18 Å². The van der Waals surface area contributed by atoms with Crippen LogP contribution < -0.4 is 10.6 Å². The first kappa shape index (κ1) is 30.3. The highest BCUT2D eigenvalue weighted by Gasteiger charge is 2.66. The van der Waals surface area contributed by atoms with E-state index in [1.54, 1.807) is 12.1 Å². The molecule has 1 aliphatic rings. The van der Waals surface area contributed by atoms with Gasteiger partial charge in [0.2, 0.25) is 0 Å². The molecule has 1 fully saturated rings. The van der Waals surface area contributed by atoms with Gasteiger partial charge in [0, 0.05) is 17.5 Å². The number of alkyl halides is 3. The Balaban J connectivity index is 1.41. The first-order valence-electron chi connectivity index (χ1n) is 14.0. The Bertz CT molecular complexity index is 1870. The molecule has 0 aliphatic heterocycles. The number of nitrogens with zero attached hydrogens (tertiary/aromatic N) is 6. The molecular formula is C31H24BClF4N8. The Kier molecular flexibility index (Phi) is 7.87. The van der Waals surface area contributed by atoms with Crippen molar-refractivity contribution in [2.24, 2.45) is 0 Å². The maximum atomic E-state index is 13.9. The summed E-state index contributed by atoms with van der Waals surface area (Å²) in [6.07, 6.45) is -1.46. The van der Waals surface area contributed by atoms with Crippen LogP contribution in [-0.4, -0.2) is 39.0 Å². The summed E-state index contributed by atoms with van der Waals surface area (Å²) >= 11 is 6.69. The fourth-order valence-corrected chi connectivity index (χ4v) is 5.60. The summed E-state index contributed by atoms with van der Waals surface area (Å²) < 4.78 is 56.3. The maximum Gasteiger partial charge on any atom is 0.413 e. The number of hydrogen-bond donors (Lipinski definition) is 2. The molecule has 0 amide bonds. The molecule has 2 N–H and O–H groups in total. The summed E-state index contributed by atoms with van der Waals surface area (Å²) in [5.74, 6) is -0.0849. The van der Waals surface area contributed by atoms with Crippen LogP contribution in [0.4, 0.5) is 29.1 Å². The van der Waals surface area contributed by atoms with E-state index in [4.69, 9.17) is 19.4 Å². The average molecular weight is 631 g/mol. The zero-order valence-corrected chi connectivity index (χ0v) is 24.3. The lowest BCUT2D eigenvalue weighted by molar-refractivity contribution is -0.182. The number of halogens is 5. The van der Waals surface area contributed by atoms with Crippen LogP contribution in [0.15, 0.2) is 79.3 Å². The van der Waals surface area contributed by atoms with Gasteiger partial charge in [-0.15, -0.1) is 5.10 Å². The highest BCUT2D eigenvalue weighted by Crippen LogP contribution is 2.55. The minimum absolute atomic E-state index is 0.0239. The van der Waals surface area contributed by atoms with Crippen molar-refractivity contribution in [1.82, 2.24) is 25.0 Å². The molecule has 14 heteroatoms. The first-order valence-corrected chi connectivity index (χ1v) is 14.4. The quantitative estimate of drug-likeness (QED) is 0.126. The largest absolute Gasteiger partial charge is 0.413 e. The van der Waals surface area contributed by atoms with Gasteiger partial charge in [0.25, 0.3) is 0 Å². The third-order valence-corrected chi connectivity index (χ3v) is 8.27. The second kappa shape index (κ2) is 11.7. The molecule has 2 aromatic heterocycles. The number of benzene rings is 3. The van der Waals surface area contributed by atoms with Gasteiger partial charge in [-0.05, 0) is 54.7 Å². The summed E-state index contributed by atoms with van der Waals surface area (Å²) in [6.45, 7) is 0. The zero-order chi connectivity index (χ0) is 31.8. The number of anilines is 2. The van der Waals surface area contributed by atoms with E-state index in [9.17, 15) is 22.8 Å². The van der Waals surface area contributed by atoms with E-state index in [0.717, 1.165) is 16.4 Å². The summed E-state index contributed by atoms with van der Waals surface area (Å²) in [6, 6.07) is 20.0. The van der Waals surface area contributed by atoms with Gasteiger partial charge < -0.3 is 10.6 Å². The molecule has 2 heterocycles. The van der Waals surface area contributed by atoms with E-state index in [2.05, 4.69) is 37.0 Å². The molecule has 1 unspecified atom stereocenters. The summed E-state index contributed by atoms with van der Waals surface area (Å²) in [5.41, 5.74) is -1.87. The number of fused-ring (bicyclic) bond motifs is 1. The molecule has 6 rings (SSSR count). The molecule has 0 saturated heterocycles. The smallest absolute Gasteiger partial charge is 0.378 e. The Morgan fingerprint density at radius 3 is 2.47 bits per heavy atom. The van der Waals surface area contributed by atoms with Crippen molar-refractivity contribution in [3.05, 3.63) is 107 Å². The standard InChI is InChI=1S/C31H24BClF4N8/c32-30(20-8-10-21(34)11-9-20,26-17-45(44-43-26)29(12-13-29)31(35,36)37)42-22-15-23-27(24(33)16-22)39-18-40-28(23)41-25(7-4-14-38)19-5-2-1-3-6-19/h1-3,5-6,8-11,15-18,25,42H,4,7,12-13H2,(H,39,40,41)/t25-,30?/m1/s1. The van der Waals surface area contributed by atoms with Gasteiger partial charge in [-0.25, -0.2) is 19.0 Å². The third kappa shape index (κ3) is 5.78.